The number of hydrogen-bond acceptors (Lipinski definition) is 6. The summed E-state index contributed by atoms with van der Waals surface area (Å²) in [5.74, 6) is 0. The average Bonchev–Trinajstić information content (AvgIpc) is 2.75. The normalized spacial score (nSPS) is 13.1. The minimum Gasteiger partial charge on any atom is -0.219 e. The van der Waals surface area contributed by atoms with E-state index in [9.17, 15) is 25.3 Å². The molecule has 0 aromatic heterocycles. The van der Waals surface area contributed by atoms with Crippen LogP contribution in [0.1, 0.15) is 27.7 Å². The molecule has 0 spiro atoms. The van der Waals surface area contributed by atoms with Crippen molar-refractivity contribution >= 4 is 29.9 Å². The summed E-state index contributed by atoms with van der Waals surface area (Å²) in [5.41, 5.74) is 0. The van der Waals surface area contributed by atoms with Crippen LogP contribution in [-0.4, -0.2) is 60.0 Å². The Kier molecular flexibility index (Phi) is 8.04. The summed E-state index contributed by atoms with van der Waals surface area (Å²) in [6.07, 6.45) is 0. The first-order valence-corrected chi connectivity index (χ1v) is 14.3. The van der Waals surface area contributed by atoms with Crippen LogP contribution in [0, 0.1) is 0 Å². The molecule has 0 unspecified atom stereocenters. The van der Waals surface area contributed by atoms with Gasteiger partial charge < -0.3 is 0 Å². The molecule has 0 saturated carbocycles. The Bertz CT molecular complexity index is 1110. The highest BCUT2D eigenvalue weighted by Gasteiger charge is 2.25. The molecule has 0 saturated heterocycles. The van der Waals surface area contributed by atoms with Gasteiger partial charge in [-0.15, -0.1) is 0 Å². The predicted molar refractivity (Wildman–Crippen MR) is 119 cm³/mol. The van der Waals surface area contributed by atoms with Crippen LogP contribution in [0.5, 0.6) is 0 Å². The summed E-state index contributed by atoms with van der Waals surface area (Å²) in [7, 11) is -11.3. The van der Waals surface area contributed by atoms with Crippen molar-refractivity contribution in [1.29, 1.82) is 0 Å². The fourth-order valence-electron chi connectivity index (χ4n) is 3.14. The number of rotatable bonds is 10. The Balaban J connectivity index is 2.38. The topological polar surface area (TPSA) is 109 Å². The highest BCUT2D eigenvalue weighted by atomic mass is 32.2. The zero-order valence-corrected chi connectivity index (χ0v) is 20.5. The molecule has 2 aromatic rings. The summed E-state index contributed by atoms with van der Waals surface area (Å²) in [5, 5.41) is 0. The van der Waals surface area contributed by atoms with Gasteiger partial charge in [-0.05, 0) is 48.5 Å². The summed E-state index contributed by atoms with van der Waals surface area (Å²) in [6, 6.07) is 10.0. The second-order valence-electron chi connectivity index (χ2n) is 6.62. The lowest BCUT2D eigenvalue weighted by Crippen LogP contribution is -2.30. The van der Waals surface area contributed by atoms with Crippen LogP contribution >= 0.6 is 0 Å². The standard InChI is InChI=1S/C20H28N2O6S3/c1-5-21(6-2)30(25,26)19-13-9-17(10-14-19)29(23,24)18-11-15-20(16-12-18)31(27,28)22(7-3)8-4/h9-16H,5-8H2,1-4H3. The van der Waals surface area contributed by atoms with Crippen molar-refractivity contribution in [1.82, 2.24) is 8.61 Å². The largest absolute Gasteiger partial charge is 0.243 e. The van der Waals surface area contributed by atoms with Gasteiger partial charge in [-0.2, -0.15) is 8.61 Å². The summed E-state index contributed by atoms with van der Waals surface area (Å²) in [4.78, 5) is -0.137. The molecule has 0 amide bonds. The monoisotopic (exact) mass is 488 g/mol. The number of sulfone groups is 1. The first kappa shape index (κ1) is 25.5. The second kappa shape index (κ2) is 9.78. The van der Waals surface area contributed by atoms with Gasteiger partial charge in [0.05, 0.1) is 19.6 Å². The quantitative estimate of drug-likeness (QED) is 0.509. The molecular formula is C20H28N2O6S3. The zero-order valence-electron chi connectivity index (χ0n) is 18.0. The van der Waals surface area contributed by atoms with Crippen LogP contribution in [0.15, 0.2) is 68.1 Å². The van der Waals surface area contributed by atoms with Crippen LogP contribution in [-0.2, 0) is 29.9 Å². The summed E-state index contributed by atoms with van der Waals surface area (Å²) >= 11 is 0. The molecule has 0 radical (unpaired) electrons. The van der Waals surface area contributed by atoms with Gasteiger partial charge in [0, 0.05) is 26.2 Å². The minimum absolute atomic E-state index is 0.0100. The van der Waals surface area contributed by atoms with Crippen molar-refractivity contribution in [3.8, 4) is 0 Å². The van der Waals surface area contributed by atoms with E-state index in [4.69, 9.17) is 0 Å². The van der Waals surface area contributed by atoms with Crippen molar-refractivity contribution in [3.63, 3.8) is 0 Å². The molecule has 2 aromatic carbocycles. The molecule has 0 bridgehead atoms. The molecule has 172 valence electrons. The van der Waals surface area contributed by atoms with Crippen LogP contribution in [0.25, 0.3) is 0 Å². The smallest absolute Gasteiger partial charge is 0.219 e. The molecule has 0 heterocycles. The van der Waals surface area contributed by atoms with Crippen molar-refractivity contribution in [2.75, 3.05) is 26.2 Å². The Morgan fingerprint density at radius 3 is 0.935 bits per heavy atom. The van der Waals surface area contributed by atoms with E-state index in [0.29, 0.717) is 26.2 Å². The van der Waals surface area contributed by atoms with E-state index in [0.717, 1.165) is 0 Å². The molecule has 0 N–H and O–H groups in total. The predicted octanol–water partition coefficient (Wildman–Crippen LogP) is 2.58. The van der Waals surface area contributed by atoms with Crippen LogP contribution in [0.2, 0.25) is 0 Å². The first-order chi connectivity index (χ1) is 14.5. The molecular weight excluding hydrogens is 460 g/mol. The summed E-state index contributed by atoms with van der Waals surface area (Å²) < 4.78 is 78.7. The highest BCUT2D eigenvalue weighted by molar-refractivity contribution is 7.91. The Morgan fingerprint density at radius 1 is 0.484 bits per heavy atom. The fraction of sp³-hybridized carbons (Fsp3) is 0.400. The van der Waals surface area contributed by atoms with Gasteiger partial charge in [0.1, 0.15) is 0 Å². The van der Waals surface area contributed by atoms with Gasteiger partial charge in [-0.25, -0.2) is 25.3 Å². The SMILES string of the molecule is CCN(CC)S(=O)(=O)c1ccc(S(=O)(=O)c2ccc(S(=O)(=O)N(CC)CC)cc2)cc1. The van der Waals surface area contributed by atoms with E-state index in [-0.39, 0.29) is 19.6 Å². The van der Waals surface area contributed by atoms with Gasteiger partial charge in [-0.3, -0.25) is 0 Å². The number of benzene rings is 2. The van der Waals surface area contributed by atoms with E-state index in [1.807, 2.05) is 0 Å². The van der Waals surface area contributed by atoms with E-state index in [1.165, 1.54) is 57.1 Å². The fourth-order valence-corrected chi connectivity index (χ4v) is 7.32. The summed E-state index contributed by atoms with van der Waals surface area (Å²) in [6.45, 7) is 8.13. The van der Waals surface area contributed by atoms with Crippen molar-refractivity contribution in [2.45, 2.75) is 47.3 Å². The van der Waals surface area contributed by atoms with E-state index in [2.05, 4.69) is 0 Å². The Hall–Kier alpha value is -1.79. The third-order valence-corrected chi connectivity index (χ3v) is 10.9. The highest BCUT2D eigenvalue weighted by Crippen LogP contribution is 2.25. The lowest BCUT2D eigenvalue weighted by Gasteiger charge is -2.19. The molecule has 0 atom stereocenters. The van der Waals surface area contributed by atoms with Crippen LogP contribution in [0.3, 0.4) is 0 Å². The van der Waals surface area contributed by atoms with Gasteiger partial charge in [0.25, 0.3) is 0 Å². The lowest BCUT2D eigenvalue weighted by atomic mass is 10.4. The lowest BCUT2D eigenvalue weighted by molar-refractivity contribution is 0.444. The van der Waals surface area contributed by atoms with E-state index >= 15 is 0 Å². The van der Waals surface area contributed by atoms with Crippen molar-refractivity contribution in [2.24, 2.45) is 0 Å². The van der Waals surface area contributed by atoms with Crippen molar-refractivity contribution < 1.29 is 25.3 Å². The maximum absolute atomic E-state index is 12.9. The Morgan fingerprint density at radius 2 is 0.710 bits per heavy atom. The van der Waals surface area contributed by atoms with Crippen LogP contribution in [0.4, 0.5) is 0 Å². The molecule has 2 rings (SSSR count). The van der Waals surface area contributed by atoms with Gasteiger partial charge in [0.2, 0.25) is 29.9 Å². The van der Waals surface area contributed by atoms with Gasteiger partial charge >= 0.3 is 0 Å². The van der Waals surface area contributed by atoms with Crippen LogP contribution < -0.4 is 0 Å². The van der Waals surface area contributed by atoms with Gasteiger partial charge in [0.15, 0.2) is 0 Å². The molecule has 0 aliphatic heterocycles. The molecule has 0 fully saturated rings. The first-order valence-electron chi connectivity index (χ1n) is 9.92. The second-order valence-corrected chi connectivity index (χ2v) is 12.5. The third-order valence-electron chi connectivity index (χ3n) is 4.95. The Labute approximate surface area is 185 Å². The molecule has 8 nitrogen and oxygen atoms in total. The average molecular weight is 489 g/mol. The number of hydrogen-bond donors (Lipinski definition) is 0. The van der Waals surface area contributed by atoms with Gasteiger partial charge in [-0.1, -0.05) is 27.7 Å². The minimum atomic E-state index is -3.94. The van der Waals surface area contributed by atoms with E-state index < -0.39 is 29.9 Å². The molecule has 11 heteroatoms. The van der Waals surface area contributed by atoms with E-state index in [1.54, 1.807) is 27.7 Å². The molecule has 0 aliphatic rings. The molecule has 31 heavy (non-hydrogen) atoms. The molecule has 0 aliphatic carbocycles. The number of nitrogens with zero attached hydrogens (tertiary/aromatic N) is 2. The van der Waals surface area contributed by atoms with Crippen molar-refractivity contribution in [3.05, 3.63) is 48.5 Å². The number of sulfonamides is 2. The maximum atomic E-state index is 12.9. The maximum Gasteiger partial charge on any atom is 0.243 e. The zero-order chi connectivity index (χ0) is 23.4. The third kappa shape index (κ3) is 5.01.